The average Bonchev–Trinajstić information content (AvgIpc) is 2.34. The number of hydrogen-bond acceptors (Lipinski definition) is 4. The van der Waals surface area contributed by atoms with Gasteiger partial charge in [0.15, 0.2) is 0 Å². The molecule has 0 saturated carbocycles. The van der Waals surface area contributed by atoms with Crippen molar-refractivity contribution < 1.29 is 19.4 Å². The van der Waals surface area contributed by atoms with Gasteiger partial charge in [-0.25, -0.2) is 4.79 Å². The van der Waals surface area contributed by atoms with E-state index in [2.05, 4.69) is 10.1 Å². The lowest BCUT2D eigenvalue weighted by Crippen LogP contribution is -2.45. The van der Waals surface area contributed by atoms with E-state index in [0.717, 1.165) is 0 Å². The van der Waals surface area contributed by atoms with Gasteiger partial charge < -0.3 is 15.2 Å². The van der Waals surface area contributed by atoms with Crippen LogP contribution in [0.5, 0.6) is 5.75 Å². The van der Waals surface area contributed by atoms with Crippen LogP contribution in [0.3, 0.4) is 0 Å². The Morgan fingerprint density at radius 2 is 2.00 bits per heavy atom. The van der Waals surface area contributed by atoms with Crippen LogP contribution in [0.1, 0.15) is 24.2 Å². The van der Waals surface area contributed by atoms with Gasteiger partial charge in [0.05, 0.1) is 12.7 Å². The first-order chi connectivity index (χ1) is 8.86. The Labute approximate surface area is 116 Å². The summed E-state index contributed by atoms with van der Waals surface area (Å²) < 4.78 is 4.62. The molecule has 0 bridgehead atoms. The Bertz CT molecular complexity index is 488. The molecule has 1 unspecified atom stereocenters. The van der Waals surface area contributed by atoms with Crippen molar-refractivity contribution in [3.05, 3.63) is 28.8 Å². The molecule has 1 aromatic carbocycles. The van der Waals surface area contributed by atoms with Crippen LogP contribution in [0.2, 0.25) is 5.02 Å². The van der Waals surface area contributed by atoms with E-state index in [9.17, 15) is 14.7 Å². The molecule has 0 radical (unpaired) electrons. The zero-order valence-electron chi connectivity index (χ0n) is 10.9. The molecule has 0 aliphatic rings. The summed E-state index contributed by atoms with van der Waals surface area (Å²) in [6.45, 7) is 3.56. The number of aromatic hydroxyl groups is 1. The van der Waals surface area contributed by atoms with Crippen LogP contribution < -0.4 is 5.32 Å². The maximum Gasteiger partial charge on any atom is 0.328 e. The van der Waals surface area contributed by atoms with Crippen molar-refractivity contribution in [3.8, 4) is 5.75 Å². The Kier molecular flexibility index (Phi) is 5.18. The molecule has 0 aliphatic heterocycles. The molecular weight excluding hydrogens is 270 g/mol. The number of benzene rings is 1. The van der Waals surface area contributed by atoms with Crippen LogP contribution in [0.25, 0.3) is 0 Å². The normalized spacial score (nSPS) is 12.1. The number of amides is 1. The highest BCUT2D eigenvalue weighted by atomic mass is 35.5. The molecular formula is C13H16ClNO4. The zero-order chi connectivity index (χ0) is 14.6. The molecule has 6 heteroatoms. The molecule has 1 amide bonds. The first-order valence-corrected chi connectivity index (χ1v) is 6.11. The average molecular weight is 286 g/mol. The van der Waals surface area contributed by atoms with E-state index >= 15 is 0 Å². The van der Waals surface area contributed by atoms with Crippen molar-refractivity contribution >= 4 is 23.5 Å². The third-order valence-corrected chi connectivity index (χ3v) is 2.85. The molecule has 0 aromatic heterocycles. The topological polar surface area (TPSA) is 75.6 Å². The van der Waals surface area contributed by atoms with Gasteiger partial charge in [0.1, 0.15) is 11.8 Å². The predicted molar refractivity (Wildman–Crippen MR) is 71.2 cm³/mol. The summed E-state index contributed by atoms with van der Waals surface area (Å²) in [6, 6.07) is 3.37. The maximum absolute atomic E-state index is 12.0. The number of phenols is 1. The van der Waals surface area contributed by atoms with E-state index in [0.29, 0.717) is 5.02 Å². The summed E-state index contributed by atoms with van der Waals surface area (Å²) in [6.07, 6.45) is 0. The number of halogens is 1. The van der Waals surface area contributed by atoms with E-state index < -0.39 is 17.9 Å². The second-order valence-corrected chi connectivity index (χ2v) is 4.82. The molecule has 5 nitrogen and oxygen atoms in total. The number of nitrogens with one attached hydrogen (secondary N) is 1. The van der Waals surface area contributed by atoms with Crippen molar-refractivity contribution in [2.75, 3.05) is 7.11 Å². The van der Waals surface area contributed by atoms with Crippen molar-refractivity contribution in [3.63, 3.8) is 0 Å². The largest absolute Gasteiger partial charge is 0.507 e. The summed E-state index contributed by atoms with van der Waals surface area (Å²) in [5.74, 6) is -1.46. The van der Waals surface area contributed by atoms with E-state index in [1.54, 1.807) is 13.8 Å². The summed E-state index contributed by atoms with van der Waals surface area (Å²) in [5, 5.41) is 12.5. The molecule has 1 atom stereocenters. The first-order valence-electron chi connectivity index (χ1n) is 5.74. The van der Waals surface area contributed by atoms with Crippen molar-refractivity contribution in [2.45, 2.75) is 19.9 Å². The van der Waals surface area contributed by atoms with Gasteiger partial charge in [0, 0.05) is 5.02 Å². The molecule has 1 rings (SSSR count). The number of methoxy groups -OCH3 is 1. The highest BCUT2D eigenvalue weighted by Crippen LogP contribution is 2.22. The lowest BCUT2D eigenvalue weighted by molar-refractivity contribution is -0.144. The second kappa shape index (κ2) is 6.43. The second-order valence-electron chi connectivity index (χ2n) is 4.38. The first kappa shape index (κ1) is 15.3. The van der Waals surface area contributed by atoms with Gasteiger partial charge in [-0.2, -0.15) is 0 Å². The zero-order valence-corrected chi connectivity index (χ0v) is 11.7. The van der Waals surface area contributed by atoms with Crippen LogP contribution in [0.4, 0.5) is 0 Å². The molecule has 2 N–H and O–H groups in total. The molecule has 1 aromatic rings. The SMILES string of the molecule is COC(=O)C(NC(=O)c1ccc(Cl)cc1O)C(C)C. The number of esters is 1. The fraction of sp³-hybridized carbons (Fsp3) is 0.385. The Hall–Kier alpha value is -1.75. The summed E-state index contributed by atoms with van der Waals surface area (Å²) in [7, 11) is 1.25. The van der Waals surface area contributed by atoms with E-state index in [-0.39, 0.29) is 17.2 Å². The Morgan fingerprint density at radius 1 is 1.37 bits per heavy atom. The van der Waals surface area contributed by atoms with Crippen molar-refractivity contribution in [2.24, 2.45) is 5.92 Å². The Balaban J connectivity index is 2.91. The molecule has 0 spiro atoms. The van der Waals surface area contributed by atoms with Gasteiger partial charge in [0.25, 0.3) is 5.91 Å². The monoisotopic (exact) mass is 285 g/mol. The van der Waals surface area contributed by atoms with Gasteiger partial charge in [-0.05, 0) is 24.1 Å². The molecule has 104 valence electrons. The third kappa shape index (κ3) is 3.86. The van der Waals surface area contributed by atoms with Crippen LogP contribution >= 0.6 is 11.6 Å². The molecule has 0 aliphatic carbocycles. The number of carbonyl (C=O) groups is 2. The van der Waals surface area contributed by atoms with Crippen molar-refractivity contribution in [1.82, 2.24) is 5.32 Å². The standard InChI is InChI=1S/C13H16ClNO4/c1-7(2)11(13(18)19-3)15-12(17)9-5-4-8(14)6-10(9)16/h4-7,11,16H,1-3H3,(H,15,17). The minimum atomic E-state index is -0.771. The molecule has 0 heterocycles. The van der Waals surface area contributed by atoms with Gasteiger partial charge in [-0.1, -0.05) is 25.4 Å². The van der Waals surface area contributed by atoms with Gasteiger partial charge in [-0.3, -0.25) is 4.79 Å². The number of rotatable bonds is 4. The van der Waals surface area contributed by atoms with Gasteiger partial charge in [0.2, 0.25) is 0 Å². The highest BCUT2D eigenvalue weighted by Gasteiger charge is 2.26. The fourth-order valence-corrected chi connectivity index (χ4v) is 1.71. The smallest absolute Gasteiger partial charge is 0.328 e. The Morgan fingerprint density at radius 3 is 2.47 bits per heavy atom. The molecule has 0 fully saturated rings. The minimum Gasteiger partial charge on any atom is -0.507 e. The van der Waals surface area contributed by atoms with E-state index in [1.807, 2.05) is 0 Å². The lowest BCUT2D eigenvalue weighted by atomic mass is 10.0. The molecule has 0 saturated heterocycles. The highest BCUT2D eigenvalue weighted by molar-refractivity contribution is 6.30. The van der Waals surface area contributed by atoms with E-state index in [1.165, 1.54) is 25.3 Å². The third-order valence-electron chi connectivity index (χ3n) is 2.61. The quantitative estimate of drug-likeness (QED) is 0.830. The van der Waals surface area contributed by atoms with Crippen LogP contribution in [0, 0.1) is 5.92 Å². The van der Waals surface area contributed by atoms with Crippen molar-refractivity contribution in [1.29, 1.82) is 0 Å². The fourth-order valence-electron chi connectivity index (χ4n) is 1.54. The number of carbonyl (C=O) groups excluding carboxylic acids is 2. The van der Waals surface area contributed by atoms with Crippen LogP contribution in [-0.4, -0.2) is 30.1 Å². The van der Waals surface area contributed by atoms with Crippen LogP contribution in [-0.2, 0) is 9.53 Å². The number of ether oxygens (including phenoxy) is 1. The molecule has 19 heavy (non-hydrogen) atoms. The van der Waals surface area contributed by atoms with Gasteiger partial charge >= 0.3 is 5.97 Å². The van der Waals surface area contributed by atoms with Crippen LogP contribution in [0.15, 0.2) is 18.2 Å². The number of phenolic OH excluding ortho intramolecular Hbond substituents is 1. The maximum atomic E-state index is 12.0. The van der Waals surface area contributed by atoms with E-state index in [4.69, 9.17) is 11.6 Å². The summed E-state index contributed by atoms with van der Waals surface area (Å²) >= 11 is 5.68. The number of hydrogen-bond donors (Lipinski definition) is 2. The minimum absolute atomic E-state index is 0.0546. The lowest BCUT2D eigenvalue weighted by Gasteiger charge is -2.20. The van der Waals surface area contributed by atoms with Gasteiger partial charge in [-0.15, -0.1) is 0 Å². The predicted octanol–water partition coefficient (Wildman–Crippen LogP) is 1.97. The summed E-state index contributed by atoms with van der Waals surface area (Å²) in [4.78, 5) is 23.5. The summed E-state index contributed by atoms with van der Waals surface area (Å²) in [5.41, 5.74) is 0.0546.